The number of aromatic nitrogens is 1. The second kappa shape index (κ2) is 5.67. The molecule has 0 bridgehead atoms. The molecule has 130 valence electrons. The van der Waals surface area contributed by atoms with Crippen LogP contribution in [-0.2, 0) is 12.6 Å². The average molecular weight is 356 g/mol. The summed E-state index contributed by atoms with van der Waals surface area (Å²) in [5.41, 5.74) is -2.51. The Morgan fingerprint density at radius 3 is 2.64 bits per heavy atom. The van der Waals surface area contributed by atoms with E-state index in [0.717, 1.165) is 6.07 Å². The summed E-state index contributed by atoms with van der Waals surface area (Å²) < 4.78 is 72.2. The van der Waals surface area contributed by atoms with E-state index in [2.05, 4.69) is 9.83 Å². The highest BCUT2D eigenvalue weighted by molar-refractivity contribution is 5.54. The number of aliphatic hydroxyl groups excluding tert-OH is 1. The zero-order valence-corrected chi connectivity index (χ0v) is 12.3. The molecule has 25 heavy (non-hydrogen) atoms. The van der Waals surface area contributed by atoms with Crippen LogP contribution >= 0.6 is 0 Å². The highest BCUT2D eigenvalue weighted by Gasteiger charge is 2.52. The van der Waals surface area contributed by atoms with Crippen molar-refractivity contribution in [1.82, 2.24) is 4.98 Å². The molecule has 2 aromatic rings. The van der Waals surface area contributed by atoms with E-state index in [4.69, 9.17) is 11.3 Å². The van der Waals surface area contributed by atoms with Crippen molar-refractivity contribution in [2.45, 2.75) is 24.6 Å². The lowest BCUT2D eigenvalue weighted by molar-refractivity contribution is -0.142. The fraction of sp³-hybridized carbons (Fsp3) is 0.250. The van der Waals surface area contributed by atoms with Crippen LogP contribution in [0.15, 0.2) is 30.6 Å². The maximum Gasteiger partial charge on any atom is 0.416 e. The lowest BCUT2D eigenvalue weighted by Gasteiger charge is -2.18. The Balaban J connectivity index is 2.10. The molecule has 0 unspecified atom stereocenters. The van der Waals surface area contributed by atoms with E-state index in [1.165, 1.54) is 18.5 Å². The molecule has 4 nitrogen and oxygen atoms in total. The largest absolute Gasteiger partial charge is 0.457 e. The van der Waals surface area contributed by atoms with Gasteiger partial charge in [0.15, 0.2) is 0 Å². The Morgan fingerprint density at radius 1 is 1.28 bits per heavy atom. The van der Waals surface area contributed by atoms with Gasteiger partial charge in [0.1, 0.15) is 17.6 Å². The molecule has 3 rings (SSSR count). The van der Waals surface area contributed by atoms with Gasteiger partial charge in [0, 0.05) is 23.7 Å². The molecule has 1 N–H and O–H groups in total. The highest BCUT2D eigenvalue weighted by Crippen LogP contribution is 2.51. The number of nitrogens with zero attached hydrogens (tertiary/aromatic N) is 2. The minimum Gasteiger partial charge on any atom is -0.457 e. The normalized spacial score (nSPS) is 18.5. The molecule has 0 spiro atoms. The summed E-state index contributed by atoms with van der Waals surface area (Å²) in [4.78, 5) is 6.85. The van der Waals surface area contributed by atoms with Crippen molar-refractivity contribution in [3.63, 3.8) is 0 Å². The van der Waals surface area contributed by atoms with Crippen LogP contribution in [0.4, 0.5) is 27.6 Å². The van der Waals surface area contributed by atoms with E-state index >= 15 is 0 Å². The van der Waals surface area contributed by atoms with Gasteiger partial charge in [-0.15, -0.1) is 0 Å². The molecular weight excluding hydrogens is 347 g/mol. The van der Waals surface area contributed by atoms with Gasteiger partial charge in [0.25, 0.3) is 5.92 Å². The number of aliphatic hydroxyl groups is 1. The predicted molar refractivity (Wildman–Crippen MR) is 75.6 cm³/mol. The van der Waals surface area contributed by atoms with E-state index in [0.29, 0.717) is 6.07 Å². The van der Waals surface area contributed by atoms with Crippen LogP contribution < -0.4 is 4.74 Å². The summed E-state index contributed by atoms with van der Waals surface area (Å²) in [7, 11) is 0. The van der Waals surface area contributed by atoms with Crippen LogP contribution in [0.2, 0.25) is 0 Å². The maximum absolute atomic E-state index is 13.8. The number of benzene rings is 1. The van der Waals surface area contributed by atoms with Gasteiger partial charge < -0.3 is 9.84 Å². The molecule has 0 amide bonds. The molecule has 0 aliphatic heterocycles. The number of fused-ring (bicyclic) bond motifs is 1. The monoisotopic (exact) mass is 356 g/mol. The lowest BCUT2D eigenvalue weighted by atomic mass is 10.0. The molecule has 0 saturated heterocycles. The standard InChI is InChI=1S/C16H9F5N2O2/c1-22-8-4-9(7-23-6-8)25-12-3-2-11(16(19,20)21)13-10(12)5-15(17,18)14(13)24/h2-4,6-7,14,24H,5H2/t14-/m0/s1. The first-order chi connectivity index (χ1) is 11.6. The van der Waals surface area contributed by atoms with Crippen LogP contribution in [0.25, 0.3) is 4.85 Å². The minimum absolute atomic E-state index is 0.0140. The number of hydrogen-bond donors (Lipinski definition) is 1. The predicted octanol–water partition coefficient (Wildman–Crippen LogP) is 4.67. The number of ether oxygens (including phenoxy) is 1. The SMILES string of the molecule is [C-]#[N+]c1cncc(Oc2ccc(C(F)(F)F)c3c2CC(F)(F)[C@H]3O)c1. The molecule has 1 aliphatic rings. The molecule has 0 radical (unpaired) electrons. The Kier molecular flexibility index (Phi) is 3.88. The zero-order valence-electron chi connectivity index (χ0n) is 12.3. The van der Waals surface area contributed by atoms with Crippen molar-refractivity contribution in [2.75, 3.05) is 0 Å². The Hall–Kier alpha value is -2.73. The first-order valence-corrected chi connectivity index (χ1v) is 6.92. The molecular formula is C16H9F5N2O2. The summed E-state index contributed by atoms with van der Waals surface area (Å²) in [6.45, 7) is 6.89. The fourth-order valence-electron chi connectivity index (χ4n) is 2.68. The Bertz CT molecular complexity index is 874. The number of hydrogen-bond acceptors (Lipinski definition) is 3. The summed E-state index contributed by atoms with van der Waals surface area (Å²) in [5, 5.41) is 9.67. The van der Waals surface area contributed by atoms with Gasteiger partial charge in [-0.3, -0.25) is 4.98 Å². The minimum atomic E-state index is -4.89. The van der Waals surface area contributed by atoms with Crippen LogP contribution in [-0.4, -0.2) is 16.0 Å². The van der Waals surface area contributed by atoms with E-state index in [1.807, 2.05) is 0 Å². The number of alkyl halides is 5. The van der Waals surface area contributed by atoms with E-state index in [1.54, 1.807) is 0 Å². The number of rotatable bonds is 2. The fourth-order valence-corrected chi connectivity index (χ4v) is 2.68. The molecule has 1 heterocycles. The lowest BCUT2D eigenvalue weighted by Crippen LogP contribution is -2.23. The van der Waals surface area contributed by atoms with Gasteiger partial charge in [-0.2, -0.15) is 13.2 Å². The smallest absolute Gasteiger partial charge is 0.416 e. The molecule has 0 saturated carbocycles. The molecule has 9 heteroatoms. The van der Waals surface area contributed by atoms with Crippen molar-refractivity contribution in [2.24, 2.45) is 0 Å². The third-order valence-electron chi connectivity index (χ3n) is 3.76. The van der Waals surface area contributed by atoms with Gasteiger partial charge in [-0.05, 0) is 18.2 Å². The summed E-state index contributed by atoms with van der Waals surface area (Å²) in [6, 6.07) is 2.78. The quantitative estimate of drug-likeness (QED) is 0.628. The van der Waals surface area contributed by atoms with Crippen LogP contribution in [0.1, 0.15) is 22.8 Å². The van der Waals surface area contributed by atoms with Crippen molar-refractivity contribution in [3.05, 3.63) is 58.7 Å². The van der Waals surface area contributed by atoms with Crippen LogP contribution in [0, 0.1) is 6.57 Å². The molecule has 1 aromatic carbocycles. The van der Waals surface area contributed by atoms with E-state index in [9.17, 15) is 27.1 Å². The number of halogens is 5. The summed E-state index contributed by atoms with van der Waals surface area (Å²) in [6.07, 6.45) is -6.11. The first-order valence-electron chi connectivity index (χ1n) is 6.92. The van der Waals surface area contributed by atoms with Crippen molar-refractivity contribution in [1.29, 1.82) is 0 Å². The molecule has 1 aromatic heterocycles. The maximum atomic E-state index is 13.8. The van der Waals surface area contributed by atoms with Gasteiger partial charge in [-0.1, -0.05) is 0 Å². The first kappa shape index (κ1) is 17.1. The summed E-state index contributed by atoms with van der Waals surface area (Å²) in [5.74, 6) is -3.97. The molecule has 1 atom stereocenters. The van der Waals surface area contributed by atoms with E-state index < -0.39 is 41.3 Å². The number of pyridine rings is 1. The van der Waals surface area contributed by atoms with Crippen molar-refractivity contribution >= 4 is 5.69 Å². The van der Waals surface area contributed by atoms with Gasteiger partial charge in [0.05, 0.1) is 18.3 Å². The zero-order chi connectivity index (χ0) is 18.4. The Morgan fingerprint density at radius 2 is 2.00 bits per heavy atom. The van der Waals surface area contributed by atoms with Gasteiger partial charge >= 0.3 is 6.18 Å². The summed E-state index contributed by atoms with van der Waals surface area (Å²) >= 11 is 0. The molecule has 0 fully saturated rings. The Labute approximate surface area is 138 Å². The second-order valence-electron chi connectivity index (χ2n) is 5.43. The molecule has 1 aliphatic carbocycles. The second-order valence-corrected chi connectivity index (χ2v) is 5.43. The third-order valence-corrected chi connectivity index (χ3v) is 3.76. The topological polar surface area (TPSA) is 46.7 Å². The van der Waals surface area contributed by atoms with Crippen molar-refractivity contribution in [3.8, 4) is 11.5 Å². The van der Waals surface area contributed by atoms with Crippen molar-refractivity contribution < 1.29 is 31.8 Å². The van der Waals surface area contributed by atoms with Gasteiger partial charge in [-0.25, -0.2) is 13.6 Å². The highest BCUT2D eigenvalue weighted by atomic mass is 19.4. The van der Waals surface area contributed by atoms with Crippen LogP contribution in [0.3, 0.4) is 0 Å². The van der Waals surface area contributed by atoms with E-state index in [-0.39, 0.29) is 17.2 Å². The average Bonchev–Trinajstić information content (AvgIpc) is 2.78. The van der Waals surface area contributed by atoms with Gasteiger partial charge in [0.2, 0.25) is 5.69 Å². The van der Waals surface area contributed by atoms with Crippen LogP contribution in [0.5, 0.6) is 11.5 Å². The third kappa shape index (κ3) is 3.00.